The molecule has 2 unspecified atom stereocenters. The molecule has 0 radical (unpaired) electrons. The van der Waals surface area contributed by atoms with Crippen molar-refractivity contribution in [1.29, 1.82) is 0 Å². The average Bonchev–Trinajstić information content (AvgIpc) is 3.42. The highest BCUT2D eigenvalue weighted by molar-refractivity contribution is 8.02. The van der Waals surface area contributed by atoms with Gasteiger partial charge in [0.2, 0.25) is 5.91 Å². The van der Waals surface area contributed by atoms with Crippen LogP contribution in [0.4, 0.5) is 5.69 Å². The van der Waals surface area contributed by atoms with Gasteiger partial charge in [0.25, 0.3) is 5.91 Å². The lowest BCUT2D eigenvalue weighted by Gasteiger charge is -2.37. The monoisotopic (exact) mass is 532 g/mol. The number of fused-ring (bicyclic) bond motifs is 1. The molecule has 1 aromatic rings. The maximum Gasteiger partial charge on any atom is 0.311 e. The fraction of sp³-hybridized carbons (Fsp3) is 0.519. The first-order chi connectivity index (χ1) is 17.3. The average molecular weight is 533 g/mol. The van der Waals surface area contributed by atoms with Gasteiger partial charge in [0, 0.05) is 24.4 Å². The predicted molar refractivity (Wildman–Crippen MR) is 142 cm³/mol. The number of benzene rings is 1. The maximum atomic E-state index is 14.4. The number of rotatable bonds is 11. The molecule has 5 atom stereocenters. The van der Waals surface area contributed by atoms with Crippen LogP contribution in [0.1, 0.15) is 32.6 Å². The highest BCUT2D eigenvalue weighted by Gasteiger charge is 2.77. The Kier molecular flexibility index (Phi) is 7.88. The van der Waals surface area contributed by atoms with E-state index in [4.69, 9.17) is 16.3 Å². The van der Waals surface area contributed by atoms with E-state index in [1.807, 2.05) is 13.0 Å². The smallest absolute Gasteiger partial charge is 0.311 e. The van der Waals surface area contributed by atoms with E-state index in [-0.39, 0.29) is 31.6 Å². The molecule has 3 heterocycles. The second-order valence-corrected chi connectivity index (χ2v) is 12.1. The minimum absolute atomic E-state index is 0.000747. The summed E-state index contributed by atoms with van der Waals surface area (Å²) in [5.41, 5.74) is 0.553. The Morgan fingerprint density at radius 1 is 1.28 bits per heavy atom. The lowest BCUT2D eigenvalue weighted by Crippen LogP contribution is -2.55. The van der Waals surface area contributed by atoms with Crippen LogP contribution >= 0.6 is 23.4 Å². The largest absolute Gasteiger partial charge is 0.461 e. The Hall–Kier alpha value is -2.29. The summed E-state index contributed by atoms with van der Waals surface area (Å²) in [7, 11) is 0. The molecule has 9 heteroatoms. The van der Waals surface area contributed by atoms with Crippen molar-refractivity contribution < 1.29 is 24.2 Å². The van der Waals surface area contributed by atoms with Gasteiger partial charge in [0.1, 0.15) is 12.6 Å². The number of nitrogens with zero attached hydrogens (tertiary/aromatic N) is 2. The lowest BCUT2D eigenvalue weighted by molar-refractivity contribution is -0.154. The summed E-state index contributed by atoms with van der Waals surface area (Å²) in [4.78, 5) is 44.8. The van der Waals surface area contributed by atoms with Crippen molar-refractivity contribution in [3.63, 3.8) is 0 Å². The Bertz CT molecular complexity index is 1070. The molecule has 0 aliphatic carbocycles. The third-order valence-corrected chi connectivity index (χ3v) is 9.94. The number of hydrogen-bond acceptors (Lipinski definition) is 6. The molecule has 3 fully saturated rings. The van der Waals surface area contributed by atoms with E-state index in [2.05, 4.69) is 13.2 Å². The Balaban J connectivity index is 1.78. The maximum absolute atomic E-state index is 14.4. The third kappa shape index (κ3) is 4.27. The Morgan fingerprint density at radius 2 is 2.03 bits per heavy atom. The summed E-state index contributed by atoms with van der Waals surface area (Å²) in [6.07, 6.45) is 5.56. The van der Waals surface area contributed by atoms with Gasteiger partial charge in [0.15, 0.2) is 0 Å². The second kappa shape index (κ2) is 10.6. The van der Waals surface area contributed by atoms with E-state index in [1.165, 1.54) is 6.08 Å². The van der Waals surface area contributed by atoms with Crippen LogP contribution in [0.25, 0.3) is 0 Å². The van der Waals surface area contributed by atoms with Crippen molar-refractivity contribution >= 4 is 46.8 Å². The van der Waals surface area contributed by atoms with E-state index in [9.17, 15) is 19.5 Å². The second-order valence-electron chi connectivity index (χ2n) is 9.80. The molecule has 2 bridgehead atoms. The molecular formula is C27H33ClN2O5S. The van der Waals surface area contributed by atoms with E-state index >= 15 is 0 Å². The summed E-state index contributed by atoms with van der Waals surface area (Å²) in [6, 6.07) is 6.35. The zero-order valence-electron chi connectivity index (χ0n) is 20.5. The first-order valence-corrected chi connectivity index (χ1v) is 13.5. The van der Waals surface area contributed by atoms with Gasteiger partial charge in [-0.25, -0.2) is 0 Å². The molecular weight excluding hydrogens is 500 g/mol. The van der Waals surface area contributed by atoms with Crippen LogP contribution in [0.3, 0.4) is 0 Å². The molecule has 1 spiro atoms. The van der Waals surface area contributed by atoms with Gasteiger partial charge in [-0.05, 0) is 44.7 Å². The van der Waals surface area contributed by atoms with Gasteiger partial charge in [0.05, 0.1) is 27.3 Å². The minimum Gasteiger partial charge on any atom is -0.461 e. The van der Waals surface area contributed by atoms with Crippen LogP contribution in [0.15, 0.2) is 49.6 Å². The number of carbonyl (C=O) groups excluding carboxylic acids is 3. The third-order valence-electron chi connectivity index (χ3n) is 7.64. The molecule has 1 N–H and O–H groups in total. The molecule has 0 aromatic heterocycles. The first kappa shape index (κ1) is 26.8. The zero-order chi connectivity index (χ0) is 26.1. The number of para-hydroxylation sites is 1. The van der Waals surface area contributed by atoms with Crippen LogP contribution in [-0.4, -0.2) is 69.6 Å². The summed E-state index contributed by atoms with van der Waals surface area (Å²) in [5.74, 6) is -2.14. The number of carbonyl (C=O) groups is 3. The van der Waals surface area contributed by atoms with Crippen LogP contribution in [-0.2, 0) is 19.1 Å². The van der Waals surface area contributed by atoms with E-state index < -0.39 is 33.3 Å². The highest BCUT2D eigenvalue weighted by Crippen LogP contribution is 2.71. The van der Waals surface area contributed by atoms with Gasteiger partial charge in [-0.1, -0.05) is 42.5 Å². The molecule has 3 saturated heterocycles. The van der Waals surface area contributed by atoms with Gasteiger partial charge < -0.3 is 19.6 Å². The van der Waals surface area contributed by atoms with Gasteiger partial charge >= 0.3 is 5.97 Å². The fourth-order valence-electron chi connectivity index (χ4n) is 6.18. The molecule has 4 rings (SSSR count). The number of ether oxygens (including phenoxy) is 1. The van der Waals surface area contributed by atoms with Crippen LogP contribution < -0.4 is 4.90 Å². The number of likely N-dealkylation sites (tertiary alicyclic amines) is 1. The molecule has 0 saturated carbocycles. The lowest BCUT2D eigenvalue weighted by atomic mass is 9.66. The number of hydrogen-bond donors (Lipinski definition) is 1. The normalized spacial score (nSPS) is 30.2. The van der Waals surface area contributed by atoms with Crippen molar-refractivity contribution in [1.82, 2.24) is 4.90 Å². The molecule has 36 heavy (non-hydrogen) atoms. The van der Waals surface area contributed by atoms with Crippen molar-refractivity contribution in [2.45, 2.75) is 48.1 Å². The number of amides is 2. The van der Waals surface area contributed by atoms with Gasteiger partial charge in [-0.2, -0.15) is 0 Å². The number of aliphatic hydroxyl groups is 1. The van der Waals surface area contributed by atoms with E-state index in [1.54, 1.807) is 45.8 Å². The number of unbranched alkanes of at least 4 members (excludes halogenated alkanes) is 1. The van der Waals surface area contributed by atoms with Crippen molar-refractivity contribution in [2.75, 3.05) is 31.2 Å². The van der Waals surface area contributed by atoms with Gasteiger partial charge in [-0.3, -0.25) is 14.4 Å². The SMILES string of the molecule is C=CCOC(=O)[C@H]1[C@H]2C(=O)N(CCCCO)C(C(=O)N(CC=C)c3ccccc3Cl)C23CC[C@]1(C)S3. The molecule has 194 valence electrons. The standard InChI is InChI=1S/C27H33ClN2O5S/c1-4-14-29(19-11-7-6-10-18(19)28)24(33)22-27-13-12-26(3,36-27)21(25(34)35-17-5-2)20(27)23(32)30(22)15-8-9-16-31/h4-7,10-11,20-22,31H,1-2,8-9,12-17H2,3H3/t20-,21+,22?,26-,27?/m0/s1. The van der Waals surface area contributed by atoms with Crippen molar-refractivity contribution in [3.05, 3.63) is 54.6 Å². The quantitative estimate of drug-likeness (QED) is 0.265. The van der Waals surface area contributed by atoms with Crippen molar-refractivity contribution in [2.24, 2.45) is 11.8 Å². The number of anilines is 1. The number of halogens is 1. The molecule has 3 aliphatic heterocycles. The van der Waals surface area contributed by atoms with Gasteiger partial charge in [-0.15, -0.1) is 18.3 Å². The molecule has 3 aliphatic rings. The number of aliphatic hydroxyl groups excluding tert-OH is 1. The van der Waals surface area contributed by atoms with Crippen LogP contribution in [0.5, 0.6) is 0 Å². The zero-order valence-corrected chi connectivity index (χ0v) is 22.1. The number of thioether (sulfide) groups is 1. The van der Waals surface area contributed by atoms with Crippen molar-refractivity contribution in [3.8, 4) is 0 Å². The first-order valence-electron chi connectivity index (χ1n) is 12.3. The highest BCUT2D eigenvalue weighted by atomic mass is 35.5. The minimum atomic E-state index is -0.769. The summed E-state index contributed by atoms with van der Waals surface area (Å²) < 4.78 is 4.20. The van der Waals surface area contributed by atoms with Crippen LogP contribution in [0, 0.1) is 11.8 Å². The fourth-order valence-corrected chi connectivity index (χ4v) is 8.76. The topological polar surface area (TPSA) is 87.1 Å². The summed E-state index contributed by atoms with van der Waals surface area (Å²) in [5, 5.41) is 9.77. The number of esters is 1. The Labute approximate surface area is 221 Å². The Morgan fingerprint density at radius 3 is 2.69 bits per heavy atom. The summed E-state index contributed by atoms with van der Waals surface area (Å²) >= 11 is 8.08. The van der Waals surface area contributed by atoms with E-state index in [0.29, 0.717) is 42.9 Å². The van der Waals surface area contributed by atoms with E-state index in [0.717, 1.165) is 0 Å². The molecule has 2 amide bonds. The summed E-state index contributed by atoms with van der Waals surface area (Å²) in [6.45, 7) is 10.1. The molecule has 1 aromatic carbocycles. The van der Waals surface area contributed by atoms with Crippen LogP contribution in [0.2, 0.25) is 5.02 Å². The predicted octanol–water partition coefficient (Wildman–Crippen LogP) is 3.84. The molecule has 7 nitrogen and oxygen atoms in total.